The number of likely N-dealkylation sites (tertiary alicyclic amines) is 1. The Hall–Kier alpha value is -2.88. The number of fused-ring (bicyclic) bond motifs is 5. The Morgan fingerprint density at radius 3 is 2.51 bits per heavy atom. The molecule has 3 heterocycles. The van der Waals surface area contributed by atoms with Crippen molar-refractivity contribution >= 4 is 0 Å². The van der Waals surface area contributed by atoms with Gasteiger partial charge in [-0.2, -0.15) is 0 Å². The fraction of sp³-hybridized carbons (Fsp3) is 0.590. The summed E-state index contributed by atoms with van der Waals surface area (Å²) < 4.78 is 0. The van der Waals surface area contributed by atoms with Crippen LogP contribution >= 0.6 is 0 Å². The van der Waals surface area contributed by atoms with Crippen molar-refractivity contribution in [3.63, 3.8) is 0 Å². The van der Waals surface area contributed by atoms with Crippen molar-refractivity contribution < 1.29 is 0 Å². The molecule has 0 amide bonds. The predicted molar refractivity (Wildman–Crippen MR) is 175 cm³/mol. The summed E-state index contributed by atoms with van der Waals surface area (Å²) in [6.07, 6.45) is 45.5. The molecule has 2 saturated carbocycles. The molecular formula is C39H50N4. The first-order valence-electron chi connectivity index (χ1n) is 18.0. The van der Waals surface area contributed by atoms with Crippen molar-refractivity contribution in [3.05, 3.63) is 95.2 Å². The van der Waals surface area contributed by atoms with Crippen LogP contribution in [-0.2, 0) is 0 Å². The van der Waals surface area contributed by atoms with E-state index in [0.29, 0.717) is 23.9 Å². The Morgan fingerprint density at radius 1 is 0.767 bits per heavy atom. The smallest absolute Gasteiger partial charge is 0.176 e. The molecule has 9 rings (SSSR count). The lowest BCUT2D eigenvalue weighted by atomic mass is 9.73. The molecule has 0 aromatic heterocycles. The molecule has 0 aromatic carbocycles. The van der Waals surface area contributed by atoms with Gasteiger partial charge in [-0.15, -0.1) is 0 Å². The van der Waals surface area contributed by atoms with Crippen LogP contribution in [0, 0.1) is 29.6 Å². The lowest BCUT2D eigenvalue weighted by molar-refractivity contribution is 0.124. The molecular weight excluding hydrogens is 524 g/mol. The zero-order valence-electron chi connectivity index (χ0n) is 25.8. The summed E-state index contributed by atoms with van der Waals surface area (Å²) in [6.45, 7) is 0. The van der Waals surface area contributed by atoms with Gasteiger partial charge in [0.05, 0.1) is 11.7 Å². The van der Waals surface area contributed by atoms with Gasteiger partial charge in [0.25, 0.3) is 0 Å². The van der Waals surface area contributed by atoms with Crippen LogP contribution in [0.2, 0.25) is 0 Å². The van der Waals surface area contributed by atoms with E-state index in [1.54, 1.807) is 11.4 Å². The van der Waals surface area contributed by atoms with Gasteiger partial charge in [-0.25, -0.2) is 0 Å². The maximum Gasteiger partial charge on any atom is 0.176 e. The van der Waals surface area contributed by atoms with Crippen LogP contribution < -0.4 is 10.6 Å². The average Bonchev–Trinajstić information content (AvgIpc) is 3.77. The molecule has 3 aliphatic heterocycles. The van der Waals surface area contributed by atoms with Crippen LogP contribution in [0.3, 0.4) is 0 Å². The normalized spacial score (nSPS) is 39.9. The van der Waals surface area contributed by atoms with Crippen LogP contribution in [0.4, 0.5) is 0 Å². The van der Waals surface area contributed by atoms with E-state index < -0.39 is 0 Å². The van der Waals surface area contributed by atoms with Crippen LogP contribution in [0.25, 0.3) is 0 Å². The monoisotopic (exact) mass is 574 g/mol. The number of allylic oxidation sites excluding steroid dienone is 10. The van der Waals surface area contributed by atoms with E-state index in [9.17, 15) is 0 Å². The lowest BCUT2D eigenvalue weighted by Gasteiger charge is -2.41. The van der Waals surface area contributed by atoms with Crippen molar-refractivity contribution in [2.75, 3.05) is 0 Å². The lowest BCUT2D eigenvalue weighted by Crippen LogP contribution is -2.52. The maximum atomic E-state index is 3.99. The fourth-order valence-electron chi connectivity index (χ4n) is 10.7. The van der Waals surface area contributed by atoms with Crippen LogP contribution in [-0.4, -0.2) is 34.2 Å². The second-order valence-corrected chi connectivity index (χ2v) is 14.9. The molecule has 3 fully saturated rings. The SMILES string of the molecule is C1=CCC(C2C=CC(C3=CNC(N4C5=C(CC6C(=C5)N(C5CCCCC5)C5C=CCCC65)C5CCCCC54)N3)=CC2)C=C1. The van der Waals surface area contributed by atoms with Gasteiger partial charge in [0.15, 0.2) is 6.29 Å². The Morgan fingerprint density at radius 2 is 1.65 bits per heavy atom. The minimum absolute atomic E-state index is 0.145. The highest BCUT2D eigenvalue weighted by Gasteiger charge is 2.53. The van der Waals surface area contributed by atoms with Crippen molar-refractivity contribution in [3.8, 4) is 0 Å². The van der Waals surface area contributed by atoms with E-state index in [0.717, 1.165) is 30.2 Å². The van der Waals surface area contributed by atoms with Crippen molar-refractivity contribution in [1.29, 1.82) is 0 Å². The minimum atomic E-state index is 0.145. The number of hydrogen-bond donors (Lipinski definition) is 2. The summed E-state index contributed by atoms with van der Waals surface area (Å²) in [5.74, 6) is 3.54. The highest BCUT2D eigenvalue weighted by atomic mass is 15.4. The molecule has 8 atom stereocenters. The third-order valence-electron chi connectivity index (χ3n) is 12.8. The number of rotatable bonds is 4. The second-order valence-electron chi connectivity index (χ2n) is 14.9. The Kier molecular flexibility index (Phi) is 6.74. The third-order valence-corrected chi connectivity index (χ3v) is 12.8. The largest absolute Gasteiger partial charge is 0.365 e. The van der Waals surface area contributed by atoms with Crippen molar-refractivity contribution in [2.24, 2.45) is 29.6 Å². The highest BCUT2D eigenvalue weighted by molar-refractivity contribution is 5.46. The first-order chi connectivity index (χ1) is 21.3. The summed E-state index contributed by atoms with van der Waals surface area (Å²) in [4.78, 5) is 5.79. The molecule has 43 heavy (non-hydrogen) atoms. The molecule has 2 N–H and O–H groups in total. The predicted octanol–water partition coefficient (Wildman–Crippen LogP) is 7.95. The number of nitrogens with zero attached hydrogens (tertiary/aromatic N) is 2. The van der Waals surface area contributed by atoms with E-state index in [-0.39, 0.29) is 6.29 Å². The minimum Gasteiger partial charge on any atom is -0.365 e. The van der Waals surface area contributed by atoms with Crippen LogP contribution in [0.15, 0.2) is 95.2 Å². The van der Waals surface area contributed by atoms with Gasteiger partial charge in [0, 0.05) is 41.5 Å². The second kappa shape index (κ2) is 10.9. The molecule has 0 bridgehead atoms. The summed E-state index contributed by atoms with van der Waals surface area (Å²) in [5, 5.41) is 7.83. The van der Waals surface area contributed by atoms with Gasteiger partial charge in [0.2, 0.25) is 0 Å². The molecule has 1 saturated heterocycles. The zero-order valence-corrected chi connectivity index (χ0v) is 25.8. The van der Waals surface area contributed by atoms with Crippen molar-refractivity contribution in [1.82, 2.24) is 20.4 Å². The molecule has 4 nitrogen and oxygen atoms in total. The van der Waals surface area contributed by atoms with Gasteiger partial charge in [-0.3, -0.25) is 0 Å². The van der Waals surface area contributed by atoms with E-state index in [1.807, 2.05) is 5.57 Å². The highest BCUT2D eigenvalue weighted by Crippen LogP contribution is 2.56. The molecule has 0 spiro atoms. The van der Waals surface area contributed by atoms with Crippen molar-refractivity contribution in [2.45, 2.75) is 114 Å². The van der Waals surface area contributed by atoms with E-state index in [2.05, 4.69) is 87.4 Å². The standard InChI is InChI=1S/C39H50N4/c1-3-11-26(12-4-1)27-19-21-28(22-20-27)34-25-40-39(41-34)43-36-18-10-8-16-31(36)33-23-32-30-15-7-9-17-35(30)42(37(32)24-38(33)43)29-13-5-2-6-14-29/h1,3-4,9,11,17,19,21-22,24-27,29-32,35-36,39-41H,2,5-8,10,12-16,18,20,23H2. The molecule has 9 aliphatic rings. The Labute approximate surface area is 259 Å². The van der Waals surface area contributed by atoms with Gasteiger partial charge >= 0.3 is 0 Å². The van der Waals surface area contributed by atoms with Gasteiger partial charge in [0.1, 0.15) is 0 Å². The Balaban J connectivity index is 0.988. The maximum absolute atomic E-state index is 3.99. The quantitative estimate of drug-likeness (QED) is 0.334. The molecule has 8 unspecified atom stereocenters. The molecule has 0 aromatic rings. The fourth-order valence-corrected chi connectivity index (χ4v) is 10.7. The first-order valence-corrected chi connectivity index (χ1v) is 18.0. The number of nitrogens with one attached hydrogen (secondary N) is 2. The third kappa shape index (κ3) is 4.45. The van der Waals surface area contributed by atoms with Crippen LogP contribution in [0.5, 0.6) is 0 Å². The number of hydrogen-bond acceptors (Lipinski definition) is 4. The van der Waals surface area contributed by atoms with Gasteiger partial charge < -0.3 is 20.4 Å². The van der Waals surface area contributed by atoms with E-state index in [1.165, 1.54) is 94.7 Å². The summed E-state index contributed by atoms with van der Waals surface area (Å²) >= 11 is 0. The summed E-state index contributed by atoms with van der Waals surface area (Å²) in [6, 6.07) is 2.00. The van der Waals surface area contributed by atoms with E-state index >= 15 is 0 Å². The zero-order chi connectivity index (χ0) is 28.3. The van der Waals surface area contributed by atoms with Gasteiger partial charge in [-0.05, 0) is 92.8 Å². The summed E-state index contributed by atoms with van der Waals surface area (Å²) in [5.41, 5.74) is 7.72. The molecule has 6 aliphatic carbocycles. The average molecular weight is 575 g/mol. The Bertz CT molecular complexity index is 1360. The summed E-state index contributed by atoms with van der Waals surface area (Å²) in [7, 11) is 0. The molecule has 226 valence electrons. The molecule has 4 heteroatoms. The first kappa shape index (κ1) is 26.5. The van der Waals surface area contributed by atoms with E-state index in [4.69, 9.17) is 0 Å². The topological polar surface area (TPSA) is 30.5 Å². The van der Waals surface area contributed by atoms with Crippen LogP contribution in [0.1, 0.15) is 89.9 Å². The molecule has 0 radical (unpaired) electrons. The van der Waals surface area contributed by atoms with Gasteiger partial charge in [-0.1, -0.05) is 86.8 Å².